The van der Waals surface area contributed by atoms with Gasteiger partial charge in [-0.05, 0) is 30.7 Å². The van der Waals surface area contributed by atoms with Gasteiger partial charge in [0.15, 0.2) is 5.13 Å². The third kappa shape index (κ3) is 3.69. The van der Waals surface area contributed by atoms with Crippen LogP contribution in [0.5, 0.6) is 5.75 Å². The molecule has 6 heteroatoms. The first-order chi connectivity index (χ1) is 9.04. The summed E-state index contributed by atoms with van der Waals surface area (Å²) in [6.07, 6.45) is 0. The average molecular weight is 277 g/mol. The van der Waals surface area contributed by atoms with Crippen LogP contribution in [0.3, 0.4) is 0 Å². The van der Waals surface area contributed by atoms with E-state index in [1.807, 2.05) is 24.4 Å². The second-order valence-electron chi connectivity index (χ2n) is 4.14. The van der Waals surface area contributed by atoms with Crippen LogP contribution in [0.2, 0.25) is 0 Å². The summed E-state index contributed by atoms with van der Waals surface area (Å²) in [6.45, 7) is 3.76. The quantitative estimate of drug-likeness (QED) is 0.842. The lowest BCUT2D eigenvalue weighted by molar-refractivity contribution is -0.114. The van der Waals surface area contributed by atoms with Gasteiger partial charge in [-0.1, -0.05) is 0 Å². The third-order valence-corrected chi connectivity index (χ3v) is 3.22. The molecule has 100 valence electrons. The van der Waals surface area contributed by atoms with Crippen LogP contribution >= 0.6 is 11.3 Å². The van der Waals surface area contributed by atoms with Gasteiger partial charge in [-0.15, -0.1) is 11.3 Å². The van der Waals surface area contributed by atoms with Gasteiger partial charge in [0, 0.05) is 18.0 Å². The number of anilines is 2. The lowest BCUT2D eigenvalue weighted by Crippen LogP contribution is -2.05. The van der Waals surface area contributed by atoms with Gasteiger partial charge in [0.2, 0.25) is 5.91 Å². The number of ether oxygens (including phenoxy) is 1. The zero-order valence-electron chi connectivity index (χ0n) is 10.8. The number of carbonyl (C=O) groups excluding carboxylic acids is 1. The van der Waals surface area contributed by atoms with Crippen LogP contribution in [-0.4, -0.2) is 10.9 Å². The predicted octanol–water partition coefficient (Wildman–Crippen LogP) is 2.57. The highest BCUT2D eigenvalue weighted by molar-refractivity contribution is 7.13. The number of aryl methyl sites for hydroxylation is 1. The fraction of sp³-hybridized carbons (Fsp3) is 0.231. The number of nitrogens with one attached hydrogen (secondary N) is 1. The molecule has 0 aliphatic carbocycles. The van der Waals surface area contributed by atoms with Crippen LogP contribution in [0, 0.1) is 6.92 Å². The number of nitrogens with zero attached hydrogens (tertiary/aromatic N) is 1. The van der Waals surface area contributed by atoms with E-state index in [1.54, 1.807) is 6.07 Å². The Bertz CT molecular complexity index is 595. The minimum Gasteiger partial charge on any atom is -0.487 e. The minimum atomic E-state index is -0.129. The maximum absolute atomic E-state index is 10.9. The number of nitrogens with two attached hydrogens (primary N) is 1. The Balaban J connectivity index is 1.98. The molecule has 0 bridgehead atoms. The van der Waals surface area contributed by atoms with E-state index in [4.69, 9.17) is 10.5 Å². The van der Waals surface area contributed by atoms with Crippen molar-refractivity contribution in [2.75, 3.05) is 11.1 Å². The molecule has 19 heavy (non-hydrogen) atoms. The number of thiazole rings is 1. The Morgan fingerprint density at radius 3 is 3.00 bits per heavy atom. The predicted molar refractivity (Wildman–Crippen MR) is 76.3 cm³/mol. The van der Waals surface area contributed by atoms with E-state index in [0.717, 1.165) is 17.0 Å². The molecule has 0 aliphatic rings. The Morgan fingerprint density at radius 2 is 2.32 bits per heavy atom. The summed E-state index contributed by atoms with van der Waals surface area (Å²) >= 11 is 1.38. The van der Waals surface area contributed by atoms with Crippen molar-refractivity contribution in [2.24, 2.45) is 0 Å². The van der Waals surface area contributed by atoms with E-state index in [9.17, 15) is 4.79 Å². The maximum atomic E-state index is 10.9. The Labute approximate surface area is 115 Å². The van der Waals surface area contributed by atoms with Crippen molar-refractivity contribution < 1.29 is 9.53 Å². The van der Waals surface area contributed by atoms with E-state index < -0.39 is 0 Å². The molecule has 0 fully saturated rings. The normalized spacial score (nSPS) is 10.2. The van der Waals surface area contributed by atoms with Gasteiger partial charge < -0.3 is 15.8 Å². The molecule has 2 aromatic rings. The van der Waals surface area contributed by atoms with Gasteiger partial charge in [0.1, 0.15) is 12.4 Å². The van der Waals surface area contributed by atoms with Crippen molar-refractivity contribution in [3.05, 3.63) is 34.8 Å². The Kier molecular flexibility index (Phi) is 4.01. The fourth-order valence-electron chi connectivity index (χ4n) is 1.57. The van der Waals surface area contributed by atoms with E-state index in [0.29, 0.717) is 17.4 Å². The van der Waals surface area contributed by atoms with Crippen LogP contribution in [-0.2, 0) is 11.4 Å². The standard InChI is InChI=1S/C13H15N3O2S/c1-8-5-10(14)3-4-12(8)18-6-11-7-19-13(16-11)15-9(2)17/h3-5,7H,6,14H2,1-2H3,(H,15,16,17). The van der Waals surface area contributed by atoms with Crippen LogP contribution in [0.1, 0.15) is 18.2 Å². The van der Waals surface area contributed by atoms with Crippen LogP contribution in [0.4, 0.5) is 10.8 Å². The first-order valence-electron chi connectivity index (χ1n) is 5.75. The summed E-state index contributed by atoms with van der Waals surface area (Å²) < 4.78 is 5.67. The van der Waals surface area contributed by atoms with Gasteiger partial charge >= 0.3 is 0 Å². The van der Waals surface area contributed by atoms with Crippen molar-refractivity contribution in [1.82, 2.24) is 4.98 Å². The van der Waals surface area contributed by atoms with Gasteiger partial charge in [-0.3, -0.25) is 4.79 Å². The van der Waals surface area contributed by atoms with Crippen molar-refractivity contribution in [2.45, 2.75) is 20.5 Å². The highest BCUT2D eigenvalue weighted by Crippen LogP contribution is 2.22. The van der Waals surface area contributed by atoms with Gasteiger partial charge in [-0.2, -0.15) is 0 Å². The monoisotopic (exact) mass is 277 g/mol. The summed E-state index contributed by atoms with van der Waals surface area (Å²) in [6, 6.07) is 5.50. The SMILES string of the molecule is CC(=O)Nc1nc(COc2ccc(N)cc2C)cs1. The number of rotatable bonds is 4. The first kappa shape index (κ1) is 13.4. The lowest BCUT2D eigenvalue weighted by Gasteiger charge is -2.08. The average Bonchev–Trinajstić information content (AvgIpc) is 2.74. The zero-order valence-corrected chi connectivity index (χ0v) is 11.6. The molecule has 1 amide bonds. The molecular formula is C13H15N3O2S. The Hall–Kier alpha value is -2.08. The molecule has 0 unspecified atom stereocenters. The molecule has 3 N–H and O–H groups in total. The molecule has 0 aliphatic heterocycles. The molecule has 0 spiro atoms. The van der Waals surface area contributed by atoms with Crippen molar-refractivity contribution >= 4 is 28.1 Å². The summed E-state index contributed by atoms with van der Waals surface area (Å²) in [7, 11) is 0. The fourth-order valence-corrected chi connectivity index (χ4v) is 2.31. The molecule has 1 heterocycles. The largest absolute Gasteiger partial charge is 0.487 e. The number of carbonyl (C=O) groups is 1. The maximum Gasteiger partial charge on any atom is 0.223 e. The molecule has 1 aromatic heterocycles. The summed E-state index contributed by atoms with van der Waals surface area (Å²) in [4.78, 5) is 15.1. The zero-order chi connectivity index (χ0) is 13.8. The molecule has 0 radical (unpaired) electrons. The number of hydrogen-bond acceptors (Lipinski definition) is 5. The lowest BCUT2D eigenvalue weighted by atomic mass is 10.2. The molecule has 0 saturated heterocycles. The number of amides is 1. The van der Waals surface area contributed by atoms with Gasteiger partial charge in [0.05, 0.1) is 5.69 Å². The van der Waals surface area contributed by atoms with E-state index in [2.05, 4.69) is 10.3 Å². The second kappa shape index (κ2) is 5.71. The highest BCUT2D eigenvalue weighted by Gasteiger charge is 2.05. The van der Waals surface area contributed by atoms with Gasteiger partial charge in [0.25, 0.3) is 0 Å². The second-order valence-corrected chi connectivity index (χ2v) is 5.00. The molecular weight excluding hydrogens is 262 g/mol. The van der Waals surface area contributed by atoms with Gasteiger partial charge in [-0.25, -0.2) is 4.98 Å². The number of nitrogen functional groups attached to an aromatic ring is 1. The van der Waals surface area contributed by atoms with Crippen molar-refractivity contribution in [1.29, 1.82) is 0 Å². The highest BCUT2D eigenvalue weighted by atomic mass is 32.1. The molecule has 1 aromatic carbocycles. The molecule has 0 saturated carbocycles. The molecule has 0 atom stereocenters. The minimum absolute atomic E-state index is 0.129. The topological polar surface area (TPSA) is 77.2 Å². The number of hydrogen-bond donors (Lipinski definition) is 2. The third-order valence-electron chi connectivity index (χ3n) is 2.41. The Morgan fingerprint density at radius 1 is 1.53 bits per heavy atom. The molecule has 2 rings (SSSR count). The van der Waals surface area contributed by atoms with Crippen LogP contribution < -0.4 is 15.8 Å². The van der Waals surface area contributed by atoms with E-state index in [-0.39, 0.29) is 5.91 Å². The van der Waals surface area contributed by atoms with Crippen LogP contribution in [0.25, 0.3) is 0 Å². The van der Waals surface area contributed by atoms with E-state index in [1.165, 1.54) is 18.3 Å². The van der Waals surface area contributed by atoms with Crippen LogP contribution in [0.15, 0.2) is 23.6 Å². The van der Waals surface area contributed by atoms with Crippen molar-refractivity contribution in [3.63, 3.8) is 0 Å². The number of benzene rings is 1. The van der Waals surface area contributed by atoms with Crippen molar-refractivity contribution in [3.8, 4) is 5.75 Å². The summed E-state index contributed by atoms with van der Waals surface area (Å²) in [5.74, 6) is 0.652. The summed E-state index contributed by atoms with van der Waals surface area (Å²) in [5.41, 5.74) is 8.16. The molecule has 5 nitrogen and oxygen atoms in total. The number of aromatic nitrogens is 1. The first-order valence-corrected chi connectivity index (χ1v) is 6.63. The van der Waals surface area contributed by atoms with E-state index >= 15 is 0 Å². The summed E-state index contributed by atoms with van der Waals surface area (Å²) in [5, 5.41) is 5.08. The smallest absolute Gasteiger partial charge is 0.223 e.